The second-order valence-electron chi connectivity index (χ2n) is 19.5. The minimum absolute atomic E-state index is 0.0503. The number of quaternary nitrogens is 1. The SMILES string of the molecule is CCCCCCCCCCC/C=C/C/C=C/CCCCCCCCCC(=O)OCC(COCCC(C(=O)O)[N+](C)(C)C)OC(=O)CCCCCCCCCCCCCCCCCC. The van der Waals surface area contributed by atoms with E-state index in [1.807, 2.05) is 21.1 Å². The molecule has 63 heavy (non-hydrogen) atoms. The molecule has 0 aromatic heterocycles. The van der Waals surface area contributed by atoms with Gasteiger partial charge in [0.15, 0.2) is 12.1 Å². The van der Waals surface area contributed by atoms with Crippen LogP contribution in [0.15, 0.2) is 24.3 Å². The van der Waals surface area contributed by atoms with Gasteiger partial charge >= 0.3 is 17.9 Å². The quantitative estimate of drug-likeness (QED) is 0.0281. The van der Waals surface area contributed by atoms with Crippen LogP contribution in [0.4, 0.5) is 0 Å². The highest BCUT2D eigenvalue weighted by atomic mass is 16.6. The highest BCUT2D eigenvalue weighted by Gasteiger charge is 2.31. The first-order valence-corrected chi connectivity index (χ1v) is 26.9. The number of rotatable bonds is 49. The Hall–Kier alpha value is -2.19. The molecule has 8 nitrogen and oxygen atoms in total. The summed E-state index contributed by atoms with van der Waals surface area (Å²) in [4.78, 5) is 37.2. The van der Waals surface area contributed by atoms with Crippen molar-refractivity contribution in [3.05, 3.63) is 24.3 Å². The fraction of sp³-hybridized carbons (Fsp3) is 0.873. The highest BCUT2D eigenvalue weighted by molar-refractivity contribution is 5.72. The molecule has 1 N–H and O–H groups in total. The molecule has 0 heterocycles. The number of carbonyl (C=O) groups is 3. The first-order valence-electron chi connectivity index (χ1n) is 26.9. The lowest BCUT2D eigenvalue weighted by atomic mass is 10.0. The molecule has 0 aromatic carbocycles. The van der Waals surface area contributed by atoms with E-state index in [9.17, 15) is 19.5 Å². The standard InChI is InChI=1S/C55H103NO7/c1-6-8-10-12-14-16-18-20-22-24-25-26-27-28-29-30-32-33-35-37-39-41-43-45-53(57)62-50-51(49-61-48-47-52(55(59)60)56(3,4)5)63-54(58)46-44-42-40-38-36-34-31-23-21-19-17-15-13-11-9-7-2/h25-26,28-29,51-52H,6-24,27,30-50H2,1-5H3/p+1/b26-25+,29-28+. The molecule has 0 spiro atoms. The minimum Gasteiger partial charge on any atom is -0.477 e. The molecule has 0 saturated carbocycles. The molecule has 0 radical (unpaired) electrons. The van der Waals surface area contributed by atoms with Gasteiger partial charge in [-0.2, -0.15) is 0 Å². The third kappa shape index (κ3) is 44.8. The van der Waals surface area contributed by atoms with Crippen LogP contribution in [0.2, 0.25) is 0 Å². The van der Waals surface area contributed by atoms with E-state index in [0.29, 0.717) is 19.3 Å². The minimum atomic E-state index is -0.872. The van der Waals surface area contributed by atoms with Crippen molar-refractivity contribution in [1.82, 2.24) is 0 Å². The molecule has 8 heteroatoms. The van der Waals surface area contributed by atoms with E-state index in [-0.39, 0.29) is 36.2 Å². The van der Waals surface area contributed by atoms with E-state index in [1.54, 1.807) is 0 Å². The summed E-state index contributed by atoms with van der Waals surface area (Å²) in [6.07, 6.45) is 53.7. The van der Waals surface area contributed by atoms with E-state index >= 15 is 0 Å². The van der Waals surface area contributed by atoms with Crippen LogP contribution in [-0.4, -0.2) is 80.6 Å². The van der Waals surface area contributed by atoms with Gasteiger partial charge in [-0.15, -0.1) is 0 Å². The zero-order valence-electron chi connectivity index (χ0n) is 42.3. The summed E-state index contributed by atoms with van der Waals surface area (Å²) in [6, 6.07) is -0.614. The van der Waals surface area contributed by atoms with Gasteiger partial charge in [-0.25, -0.2) is 4.79 Å². The van der Waals surface area contributed by atoms with E-state index in [1.165, 1.54) is 173 Å². The Morgan fingerprint density at radius 2 is 0.841 bits per heavy atom. The van der Waals surface area contributed by atoms with Crippen molar-refractivity contribution < 1.29 is 38.2 Å². The van der Waals surface area contributed by atoms with Crippen molar-refractivity contribution in [3.63, 3.8) is 0 Å². The number of carboxylic acid groups (broad SMARTS) is 1. The molecule has 0 amide bonds. The fourth-order valence-electron chi connectivity index (χ4n) is 8.18. The van der Waals surface area contributed by atoms with Gasteiger partial charge in [0.05, 0.1) is 34.4 Å². The Morgan fingerprint density at radius 3 is 1.22 bits per heavy atom. The molecule has 0 bridgehead atoms. The van der Waals surface area contributed by atoms with Crippen LogP contribution in [0.1, 0.15) is 258 Å². The number of esters is 2. The molecule has 0 aromatic rings. The van der Waals surface area contributed by atoms with Crippen molar-refractivity contribution >= 4 is 17.9 Å². The third-order valence-electron chi connectivity index (χ3n) is 12.4. The van der Waals surface area contributed by atoms with Gasteiger partial charge in [-0.05, 0) is 44.9 Å². The maximum absolute atomic E-state index is 12.8. The number of allylic oxidation sites excluding steroid dienone is 4. The zero-order chi connectivity index (χ0) is 46.3. The maximum atomic E-state index is 12.8. The Bertz CT molecular complexity index is 1080. The predicted molar refractivity (Wildman–Crippen MR) is 266 cm³/mol. The lowest BCUT2D eigenvalue weighted by Gasteiger charge is -2.31. The lowest BCUT2D eigenvalue weighted by molar-refractivity contribution is -0.887. The molecular weight excluding hydrogens is 787 g/mol. The predicted octanol–water partition coefficient (Wildman–Crippen LogP) is 15.6. The van der Waals surface area contributed by atoms with Gasteiger partial charge in [-0.3, -0.25) is 9.59 Å². The first kappa shape index (κ1) is 60.8. The van der Waals surface area contributed by atoms with Crippen molar-refractivity contribution in [2.24, 2.45) is 0 Å². The number of ether oxygens (including phenoxy) is 3. The molecule has 0 fully saturated rings. The number of aliphatic carboxylic acids is 1. The lowest BCUT2D eigenvalue weighted by Crippen LogP contribution is -2.50. The summed E-state index contributed by atoms with van der Waals surface area (Å²) < 4.78 is 17.4. The topological polar surface area (TPSA) is 99.1 Å². The zero-order valence-corrected chi connectivity index (χ0v) is 42.3. The summed E-state index contributed by atoms with van der Waals surface area (Å²) in [6.45, 7) is 4.77. The second kappa shape index (κ2) is 46.3. The number of carboxylic acids is 1. The molecule has 370 valence electrons. The Morgan fingerprint density at radius 1 is 0.476 bits per heavy atom. The van der Waals surface area contributed by atoms with Crippen LogP contribution in [0, 0.1) is 0 Å². The Balaban J connectivity index is 4.19. The summed E-state index contributed by atoms with van der Waals surface area (Å²) in [5.74, 6) is -1.46. The second-order valence-corrected chi connectivity index (χ2v) is 19.5. The van der Waals surface area contributed by atoms with Crippen LogP contribution in [0.25, 0.3) is 0 Å². The van der Waals surface area contributed by atoms with Crippen molar-refractivity contribution in [3.8, 4) is 0 Å². The Labute approximate surface area is 390 Å². The van der Waals surface area contributed by atoms with Gasteiger partial charge in [0.25, 0.3) is 0 Å². The van der Waals surface area contributed by atoms with E-state index < -0.39 is 18.1 Å². The first-order chi connectivity index (χ1) is 30.6. The fourth-order valence-corrected chi connectivity index (χ4v) is 8.18. The van der Waals surface area contributed by atoms with Crippen LogP contribution in [0.5, 0.6) is 0 Å². The normalized spacial score (nSPS) is 13.0. The molecular formula is C55H104NO7+. The van der Waals surface area contributed by atoms with E-state index in [0.717, 1.165) is 51.4 Å². The van der Waals surface area contributed by atoms with E-state index in [4.69, 9.17) is 14.2 Å². The average Bonchev–Trinajstić information content (AvgIpc) is 3.24. The number of nitrogens with zero attached hydrogens (tertiary/aromatic N) is 1. The average molecular weight is 891 g/mol. The third-order valence-corrected chi connectivity index (χ3v) is 12.4. The summed E-state index contributed by atoms with van der Waals surface area (Å²) in [5.41, 5.74) is 0. The molecule has 0 aliphatic rings. The molecule has 2 atom stereocenters. The molecule has 0 aliphatic heterocycles. The number of carbonyl (C=O) groups excluding carboxylic acids is 2. The maximum Gasteiger partial charge on any atom is 0.362 e. The van der Waals surface area contributed by atoms with Crippen molar-refractivity contribution in [1.29, 1.82) is 0 Å². The van der Waals surface area contributed by atoms with Crippen LogP contribution in [0.3, 0.4) is 0 Å². The summed E-state index contributed by atoms with van der Waals surface area (Å²) in [7, 11) is 5.54. The number of unbranched alkanes of at least 4 members (excludes halogenated alkanes) is 31. The van der Waals surface area contributed by atoms with Crippen LogP contribution in [-0.2, 0) is 28.6 Å². The highest BCUT2D eigenvalue weighted by Crippen LogP contribution is 2.16. The molecule has 0 aliphatic carbocycles. The number of likely N-dealkylation sites (N-methyl/N-ethyl adjacent to an activating group) is 1. The number of hydrogen-bond donors (Lipinski definition) is 1. The van der Waals surface area contributed by atoms with Gasteiger partial charge in [-0.1, -0.05) is 218 Å². The van der Waals surface area contributed by atoms with Gasteiger partial charge in [0.2, 0.25) is 0 Å². The summed E-state index contributed by atoms with van der Waals surface area (Å²) in [5, 5.41) is 9.66. The van der Waals surface area contributed by atoms with Gasteiger partial charge in [0, 0.05) is 19.3 Å². The van der Waals surface area contributed by atoms with E-state index in [2.05, 4.69) is 38.2 Å². The molecule has 0 saturated heterocycles. The van der Waals surface area contributed by atoms with Crippen LogP contribution < -0.4 is 0 Å². The monoisotopic (exact) mass is 891 g/mol. The summed E-state index contributed by atoms with van der Waals surface area (Å²) >= 11 is 0. The van der Waals surface area contributed by atoms with Crippen molar-refractivity contribution in [2.75, 3.05) is 41.0 Å². The molecule has 2 unspecified atom stereocenters. The smallest absolute Gasteiger partial charge is 0.362 e. The van der Waals surface area contributed by atoms with Gasteiger partial charge in [0.1, 0.15) is 6.61 Å². The molecule has 0 rings (SSSR count). The van der Waals surface area contributed by atoms with Gasteiger partial charge < -0.3 is 23.8 Å². The Kier molecular flexibility index (Phi) is 44.7. The largest absolute Gasteiger partial charge is 0.477 e. The van der Waals surface area contributed by atoms with Crippen molar-refractivity contribution in [2.45, 2.75) is 270 Å². The van der Waals surface area contributed by atoms with Crippen LogP contribution >= 0.6 is 0 Å². The number of hydrogen-bond acceptors (Lipinski definition) is 6.